The lowest BCUT2D eigenvalue weighted by Gasteiger charge is -2.00. The summed E-state index contributed by atoms with van der Waals surface area (Å²) in [7, 11) is 0. The van der Waals surface area contributed by atoms with E-state index in [2.05, 4.69) is 15.3 Å². The van der Waals surface area contributed by atoms with Gasteiger partial charge in [-0.05, 0) is 0 Å². The summed E-state index contributed by atoms with van der Waals surface area (Å²) >= 11 is 0. The Kier molecular flexibility index (Phi) is 3.36. The molecule has 6 nitrogen and oxygen atoms in total. The fourth-order valence-electron chi connectivity index (χ4n) is 1.92. The van der Waals surface area contributed by atoms with Gasteiger partial charge in [0.2, 0.25) is 0 Å². The van der Waals surface area contributed by atoms with Gasteiger partial charge in [-0.1, -0.05) is 35.5 Å². The number of rotatable bonds is 5. The van der Waals surface area contributed by atoms with Gasteiger partial charge in [0.05, 0.1) is 19.1 Å². The van der Waals surface area contributed by atoms with Gasteiger partial charge in [0.25, 0.3) is 0 Å². The quantitative estimate of drug-likeness (QED) is 0.655. The third-order valence-corrected chi connectivity index (χ3v) is 2.89. The van der Waals surface area contributed by atoms with Crippen molar-refractivity contribution in [1.29, 1.82) is 0 Å². The molecule has 3 rings (SSSR count). The molecule has 0 fully saturated rings. The van der Waals surface area contributed by atoms with Crippen LogP contribution in [0.5, 0.6) is 0 Å². The number of hydrogen-bond acceptors (Lipinski definition) is 4. The van der Waals surface area contributed by atoms with E-state index in [1.54, 1.807) is 35.5 Å². The van der Waals surface area contributed by atoms with Crippen LogP contribution >= 0.6 is 0 Å². The zero-order chi connectivity index (χ0) is 13.8. The number of ketones is 1. The largest absolute Gasteiger partial charge is 0.331 e. The molecule has 6 heteroatoms. The van der Waals surface area contributed by atoms with Gasteiger partial charge < -0.3 is 4.57 Å². The third-order valence-electron chi connectivity index (χ3n) is 2.89. The number of nitrogens with zero attached hydrogens (tertiary/aromatic N) is 5. The molecule has 0 saturated carbocycles. The molecule has 0 spiro atoms. The summed E-state index contributed by atoms with van der Waals surface area (Å²) in [5.74, 6) is 0.0182. The molecule has 0 amide bonds. The smallest absolute Gasteiger partial charge is 0.184 e. The minimum absolute atomic E-state index is 0.0182. The summed E-state index contributed by atoms with van der Waals surface area (Å²) in [6.45, 7) is 0.792. The zero-order valence-electron chi connectivity index (χ0n) is 10.8. The first-order chi connectivity index (χ1) is 9.81. The van der Waals surface area contributed by atoms with E-state index in [1.165, 1.54) is 0 Å². The molecule has 0 aliphatic heterocycles. The second kappa shape index (κ2) is 5.48. The Balaban J connectivity index is 1.67. The summed E-state index contributed by atoms with van der Waals surface area (Å²) in [4.78, 5) is 16.0. The van der Waals surface area contributed by atoms with Crippen molar-refractivity contribution in [1.82, 2.24) is 24.5 Å². The highest BCUT2D eigenvalue weighted by Crippen LogP contribution is 2.03. The predicted molar refractivity (Wildman–Crippen MR) is 72.1 cm³/mol. The third kappa shape index (κ3) is 2.80. The van der Waals surface area contributed by atoms with E-state index < -0.39 is 0 Å². The summed E-state index contributed by atoms with van der Waals surface area (Å²) in [6.07, 6.45) is 7.06. The fraction of sp³-hybridized carbons (Fsp3) is 0.143. The van der Waals surface area contributed by atoms with E-state index >= 15 is 0 Å². The molecule has 0 aliphatic rings. The van der Waals surface area contributed by atoms with Crippen LogP contribution < -0.4 is 0 Å². The highest BCUT2D eigenvalue weighted by Gasteiger charge is 2.08. The van der Waals surface area contributed by atoms with Gasteiger partial charge in [-0.25, -0.2) is 9.67 Å². The number of aromatic nitrogens is 5. The van der Waals surface area contributed by atoms with Crippen molar-refractivity contribution in [3.63, 3.8) is 0 Å². The van der Waals surface area contributed by atoms with Crippen LogP contribution in [-0.2, 0) is 13.1 Å². The molecule has 0 radical (unpaired) electrons. The molecule has 0 saturated heterocycles. The number of benzene rings is 1. The number of hydrogen-bond donors (Lipinski definition) is 0. The molecule has 3 aromatic rings. The van der Waals surface area contributed by atoms with Gasteiger partial charge in [-0.3, -0.25) is 4.79 Å². The van der Waals surface area contributed by atoms with Crippen molar-refractivity contribution in [2.24, 2.45) is 0 Å². The lowest BCUT2D eigenvalue weighted by molar-refractivity contribution is 0.0967. The van der Waals surface area contributed by atoms with Crippen LogP contribution in [0.15, 0.2) is 55.2 Å². The first kappa shape index (κ1) is 12.3. The highest BCUT2D eigenvalue weighted by molar-refractivity contribution is 5.95. The van der Waals surface area contributed by atoms with Crippen molar-refractivity contribution in [3.8, 4) is 0 Å². The number of Topliss-reactive ketones (excluding diaryl/α,β-unsaturated/α-hetero) is 1. The van der Waals surface area contributed by atoms with Crippen molar-refractivity contribution < 1.29 is 4.79 Å². The van der Waals surface area contributed by atoms with Crippen LogP contribution in [-0.4, -0.2) is 30.3 Å². The molecule has 2 heterocycles. The molecular weight excluding hydrogens is 254 g/mol. The van der Waals surface area contributed by atoms with Gasteiger partial charge >= 0.3 is 0 Å². The maximum Gasteiger partial charge on any atom is 0.184 e. The maximum absolute atomic E-state index is 12.0. The van der Waals surface area contributed by atoms with Crippen LogP contribution in [0.4, 0.5) is 0 Å². The van der Waals surface area contributed by atoms with Gasteiger partial charge in [0.1, 0.15) is 12.2 Å². The van der Waals surface area contributed by atoms with Crippen LogP contribution in [0.3, 0.4) is 0 Å². The number of carbonyl (C=O) groups excluding carboxylic acids is 1. The minimum Gasteiger partial charge on any atom is -0.331 e. The normalized spacial score (nSPS) is 10.6. The molecule has 0 aliphatic carbocycles. The molecule has 20 heavy (non-hydrogen) atoms. The van der Waals surface area contributed by atoms with Crippen LogP contribution in [0, 0.1) is 0 Å². The number of carbonyl (C=O) groups is 1. The molecule has 2 aromatic heterocycles. The van der Waals surface area contributed by atoms with E-state index in [4.69, 9.17) is 0 Å². The van der Waals surface area contributed by atoms with E-state index in [0.29, 0.717) is 12.1 Å². The second-order valence-corrected chi connectivity index (χ2v) is 4.43. The molecule has 0 atom stereocenters. The molecule has 1 aromatic carbocycles. The van der Waals surface area contributed by atoms with E-state index in [-0.39, 0.29) is 12.3 Å². The Morgan fingerprint density at radius 3 is 2.80 bits per heavy atom. The average Bonchev–Trinajstić information content (AvgIpc) is 3.12. The topological polar surface area (TPSA) is 65.6 Å². The van der Waals surface area contributed by atoms with Crippen molar-refractivity contribution in [2.75, 3.05) is 0 Å². The maximum atomic E-state index is 12.0. The molecule has 0 N–H and O–H groups in total. The van der Waals surface area contributed by atoms with E-state index in [0.717, 1.165) is 5.69 Å². The zero-order valence-corrected chi connectivity index (χ0v) is 10.8. The van der Waals surface area contributed by atoms with E-state index in [9.17, 15) is 4.79 Å². The molecule has 0 unspecified atom stereocenters. The fourth-order valence-corrected chi connectivity index (χ4v) is 1.92. The first-order valence-corrected chi connectivity index (χ1v) is 6.24. The Hall–Kier alpha value is -2.76. The van der Waals surface area contributed by atoms with Crippen molar-refractivity contribution >= 4 is 5.78 Å². The Bertz CT molecular complexity index is 687. The van der Waals surface area contributed by atoms with Gasteiger partial charge in [-0.2, -0.15) is 0 Å². The van der Waals surface area contributed by atoms with Crippen LogP contribution in [0.25, 0.3) is 0 Å². The monoisotopic (exact) mass is 267 g/mol. The van der Waals surface area contributed by atoms with Crippen LogP contribution in [0.1, 0.15) is 16.1 Å². The lowest BCUT2D eigenvalue weighted by Crippen LogP contribution is -2.10. The standard InChI is InChI=1S/C14H13N5O/c20-14(12-4-2-1-3-5-12)10-19-9-13(16-17-19)8-18-7-6-15-11-18/h1-7,9,11H,8,10H2. The first-order valence-electron chi connectivity index (χ1n) is 6.24. The predicted octanol–water partition coefficient (Wildman–Crippen LogP) is 1.41. The molecule has 0 bridgehead atoms. The minimum atomic E-state index is 0.0182. The van der Waals surface area contributed by atoms with Crippen molar-refractivity contribution in [2.45, 2.75) is 13.1 Å². The Morgan fingerprint density at radius 1 is 1.20 bits per heavy atom. The lowest BCUT2D eigenvalue weighted by atomic mass is 10.1. The summed E-state index contributed by atoms with van der Waals surface area (Å²) in [5, 5.41) is 8.02. The van der Waals surface area contributed by atoms with Crippen LogP contribution in [0.2, 0.25) is 0 Å². The van der Waals surface area contributed by atoms with Gasteiger partial charge in [-0.15, -0.1) is 5.10 Å². The molecular formula is C14H13N5O. The second-order valence-electron chi connectivity index (χ2n) is 4.43. The summed E-state index contributed by atoms with van der Waals surface area (Å²) < 4.78 is 3.45. The molecule has 100 valence electrons. The number of imidazole rings is 1. The Labute approximate surface area is 115 Å². The highest BCUT2D eigenvalue weighted by atomic mass is 16.1. The van der Waals surface area contributed by atoms with Gasteiger partial charge in [0, 0.05) is 18.0 Å². The van der Waals surface area contributed by atoms with Gasteiger partial charge in [0.15, 0.2) is 5.78 Å². The average molecular weight is 267 g/mol. The summed E-state index contributed by atoms with van der Waals surface area (Å²) in [5.41, 5.74) is 1.48. The SMILES string of the molecule is O=C(Cn1cc(Cn2ccnc2)nn1)c1ccccc1. The Morgan fingerprint density at radius 2 is 2.05 bits per heavy atom. The van der Waals surface area contributed by atoms with E-state index in [1.807, 2.05) is 29.0 Å². The summed E-state index contributed by atoms with van der Waals surface area (Å²) in [6, 6.07) is 9.17. The van der Waals surface area contributed by atoms with Crippen molar-refractivity contribution in [3.05, 3.63) is 66.5 Å².